The highest BCUT2D eigenvalue weighted by Crippen LogP contribution is 2.32. The molecule has 23 heavy (non-hydrogen) atoms. The number of nitrogens with one attached hydrogen (secondary N) is 3. The maximum atomic E-state index is 12.7. The monoisotopic (exact) mass is 312 g/mol. The predicted molar refractivity (Wildman–Crippen MR) is 89.9 cm³/mol. The van der Waals surface area contributed by atoms with Crippen LogP contribution in [0.3, 0.4) is 0 Å². The van der Waals surface area contributed by atoms with Crippen molar-refractivity contribution in [3.8, 4) is 0 Å². The summed E-state index contributed by atoms with van der Waals surface area (Å²) in [5, 5.41) is 14.9. The van der Waals surface area contributed by atoms with Gasteiger partial charge in [-0.25, -0.2) is 0 Å². The van der Waals surface area contributed by atoms with E-state index in [4.69, 9.17) is 0 Å². The highest BCUT2D eigenvalue weighted by molar-refractivity contribution is 5.86. The van der Waals surface area contributed by atoms with Crippen LogP contribution in [0.4, 0.5) is 0 Å². The molecular formula is C18H24N4O. The average molecular weight is 312 g/mol. The van der Waals surface area contributed by atoms with Gasteiger partial charge in [-0.05, 0) is 43.2 Å². The fourth-order valence-electron chi connectivity index (χ4n) is 3.56. The summed E-state index contributed by atoms with van der Waals surface area (Å²) in [6, 6.07) is 6.29. The lowest BCUT2D eigenvalue weighted by atomic mass is 9.95. The molecule has 0 spiro atoms. The predicted octanol–water partition coefficient (Wildman–Crippen LogP) is 2.49. The number of hydrogen-bond acceptors (Lipinski definition) is 3. The molecule has 3 N–H and O–H groups in total. The molecule has 2 saturated carbocycles. The van der Waals surface area contributed by atoms with E-state index < -0.39 is 0 Å². The lowest BCUT2D eigenvalue weighted by Crippen LogP contribution is -2.55. The fraction of sp³-hybridized carbons (Fsp3) is 0.556. The smallest absolute Gasteiger partial charge is 0.240 e. The van der Waals surface area contributed by atoms with Gasteiger partial charge in [0.15, 0.2) is 0 Å². The largest absolute Gasteiger partial charge is 0.354 e. The van der Waals surface area contributed by atoms with E-state index in [1.54, 1.807) is 0 Å². The minimum atomic E-state index is -0.377. The van der Waals surface area contributed by atoms with Gasteiger partial charge in [-0.2, -0.15) is 5.10 Å². The first-order valence-electron chi connectivity index (χ1n) is 8.71. The van der Waals surface area contributed by atoms with Gasteiger partial charge in [0.2, 0.25) is 5.91 Å². The molecule has 0 bridgehead atoms. The van der Waals surface area contributed by atoms with Crippen molar-refractivity contribution in [1.82, 2.24) is 20.8 Å². The zero-order valence-electron chi connectivity index (χ0n) is 13.4. The number of fused-ring (bicyclic) bond motifs is 1. The lowest BCUT2D eigenvalue weighted by molar-refractivity contribution is -0.127. The molecule has 2 fully saturated rings. The molecule has 4 rings (SSSR count). The number of aromatic nitrogens is 2. The molecule has 5 nitrogen and oxygen atoms in total. The normalized spacial score (nSPS) is 20.0. The third-order valence-corrected chi connectivity index (χ3v) is 5.28. The Labute approximate surface area is 136 Å². The molecule has 0 saturated heterocycles. The van der Waals surface area contributed by atoms with Crippen LogP contribution in [0.1, 0.15) is 44.1 Å². The third kappa shape index (κ3) is 3.11. The van der Waals surface area contributed by atoms with E-state index in [1.165, 1.54) is 18.4 Å². The number of hydrogen-bond donors (Lipinski definition) is 3. The highest BCUT2D eigenvalue weighted by Gasteiger charge is 2.40. The highest BCUT2D eigenvalue weighted by atomic mass is 16.2. The number of nitrogens with zero attached hydrogens (tertiary/aromatic N) is 1. The van der Waals surface area contributed by atoms with Crippen LogP contribution >= 0.6 is 0 Å². The Bertz CT molecular complexity index is 698. The van der Waals surface area contributed by atoms with Crippen LogP contribution in [-0.4, -0.2) is 28.2 Å². The van der Waals surface area contributed by atoms with E-state index in [2.05, 4.69) is 39.0 Å². The number of benzene rings is 1. The van der Waals surface area contributed by atoms with Crippen molar-refractivity contribution in [1.29, 1.82) is 0 Å². The molecule has 1 aromatic heterocycles. The topological polar surface area (TPSA) is 69.8 Å². The van der Waals surface area contributed by atoms with E-state index in [1.807, 2.05) is 6.20 Å². The Morgan fingerprint density at radius 3 is 2.91 bits per heavy atom. The summed E-state index contributed by atoms with van der Waals surface area (Å²) in [5.74, 6) is 0.921. The summed E-state index contributed by atoms with van der Waals surface area (Å²) in [6.45, 7) is 1.56. The molecule has 0 aliphatic heterocycles. The summed E-state index contributed by atoms with van der Waals surface area (Å²) in [6.07, 6.45) is 8.50. The van der Waals surface area contributed by atoms with Crippen molar-refractivity contribution in [3.63, 3.8) is 0 Å². The molecule has 2 aliphatic rings. The quantitative estimate of drug-likeness (QED) is 0.767. The van der Waals surface area contributed by atoms with Crippen LogP contribution in [0, 0.1) is 5.92 Å². The minimum Gasteiger partial charge on any atom is -0.354 e. The van der Waals surface area contributed by atoms with Gasteiger partial charge in [-0.1, -0.05) is 25.0 Å². The summed E-state index contributed by atoms with van der Waals surface area (Å²) in [4.78, 5) is 12.7. The van der Waals surface area contributed by atoms with Gasteiger partial charge >= 0.3 is 0 Å². The molecule has 1 heterocycles. The maximum absolute atomic E-state index is 12.7. The molecule has 5 heteroatoms. The molecule has 122 valence electrons. The molecule has 1 aromatic carbocycles. The van der Waals surface area contributed by atoms with E-state index in [0.717, 1.165) is 49.0 Å². The summed E-state index contributed by atoms with van der Waals surface area (Å²) in [5.41, 5.74) is 1.85. The van der Waals surface area contributed by atoms with Gasteiger partial charge < -0.3 is 5.32 Å². The molecule has 2 aliphatic carbocycles. The molecule has 2 aromatic rings. The zero-order valence-corrected chi connectivity index (χ0v) is 13.4. The van der Waals surface area contributed by atoms with Crippen LogP contribution in [0.25, 0.3) is 10.9 Å². The number of H-pyrrole nitrogens is 1. The second-order valence-corrected chi connectivity index (χ2v) is 7.09. The molecule has 0 radical (unpaired) electrons. The Morgan fingerprint density at radius 2 is 2.13 bits per heavy atom. The van der Waals surface area contributed by atoms with Crippen molar-refractivity contribution in [2.75, 3.05) is 6.54 Å². The van der Waals surface area contributed by atoms with Crippen LogP contribution in [0.5, 0.6) is 0 Å². The number of carbonyl (C=O) groups is 1. The van der Waals surface area contributed by atoms with Gasteiger partial charge in [-0.15, -0.1) is 0 Å². The van der Waals surface area contributed by atoms with Crippen molar-refractivity contribution < 1.29 is 4.79 Å². The first-order valence-corrected chi connectivity index (χ1v) is 8.71. The lowest BCUT2D eigenvalue weighted by Gasteiger charge is -2.29. The Kier molecular flexibility index (Phi) is 3.81. The minimum absolute atomic E-state index is 0.199. The van der Waals surface area contributed by atoms with Crippen molar-refractivity contribution >= 4 is 16.8 Å². The molecular weight excluding hydrogens is 288 g/mol. The number of carbonyl (C=O) groups excluding carboxylic acids is 1. The van der Waals surface area contributed by atoms with E-state index >= 15 is 0 Å². The van der Waals surface area contributed by atoms with E-state index in [0.29, 0.717) is 6.54 Å². The standard InChI is InChI=1S/C18H24N4O/c23-17(19-10-13-3-4-13)18(7-1-2-8-18)20-11-14-5-6-15-12-21-22-16(15)9-14/h5-6,9,12-13,20H,1-4,7-8,10-11H2,(H,19,23)(H,21,22). The van der Waals surface area contributed by atoms with Gasteiger partial charge in [0.05, 0.1) is 17.3 Å². The molecule has 1 amide bonds. The second kappa shape index (κ2) is 5.96. The molecule has 0 unspecified atom stereocenters. The van der Waals surface area contributed by atoms with Gasteiger partial charge in [0, 0.05) is 18.5 Å². The Morgan fingerprint density at radius 1 is 1.30 bits per heavy atom. The number of amides is 1. The van der Waals surface area contributed by atoms with Crippen molar-refractivity contribution in [2.45, 2.75) is 50.6 Å². The van der Waals surface area contributed by atoms with Gasteiger partial charge in [0.1, 0.15) is 0 Å². The maximum Gasteiger partial charge on any atom is 0.240 e. The van der Waals surface area contributed by atoms with Crippen LogP contribution in [0.15, 0.2) is 24.4 Å². The number of aromatic amines is 1. The first kappa shape index (κ1) is 14.7. The SMILES string of the molecule is O=C(NCC1CC1)C1(NCc2ccc3cn[nH]c3c2)CCCC1. The van der Waals surface area contributed by atoms with Crippen LogP contribution < -0.4 is 10.6 Å². The summed E-state index contributed by atoms with van der Waals surface area (Å²) >= 11 is 0. The zero-order chi connectivity index (χ0) is 15.7. The van der Waals surface area contributed by atoms with Crippen LogP contribution in [-0.2, 0) is 11.3 Å². The van der Waals surface area contributed by atoms with Crippen molar-refractivity contribution in [2.24, 2.45) is 5.92 Å². The van der Waals surface area contributed by atoms with Gasteiger partial charge in [-0.3, -0.25) is 15.2 Å². The third-order valence-electron chi connectivity index (χ3n) is 5.28. The fourth-order valence-corrected chi connectivity index (χ4v) is 3.56. The Balaban J connectivity index is 1.43. The summed E-state index contributed by atoms with van der Waals surface area (Å²) in [7, 11) is 0. The van der Waals surface area contributed by atoms with Crippen molar-refractivity contribution in [3.05, 3.63) is 30.0 Å². The summed E-state index contributed by atoms with van der Waals surface area (Å²) < 4.78 is 0. The van der Waals surface area contributed by atoms with Crippen LogP contribution in [0.2, 0.25) is 0 Å². The first-order chi connectivity index (χ1) is 11.3. The average Bonchev–Trinajstić information content (AvgIpc) is 3.08. The van der Waals surface area contributed by atoms with E-state index in [9.17, 15) is 4.79 Å². The molecule has 0 atom stereocenters. The Hall–Kier alpha value is -1.88. The van der Waals surface area contributed by atoms with E-state index in [-0.39, 0.29) is 11.4 Å². The second-order valence-electron chi connectivity index (χ2n) is 7.09. The number of rotatable bonds is 6. The van der Waals surface area contributed by atoms with Gasteiger partial charge in [0.25, 0.3) is 0 Å².